The molecule has 130 valence electrons. The van der Waals surface area contributed by atoms with Gasteiger partial charge in [0.15, 0.2) is 9.84 Å². The predicted molar refractivity (Wildman–Crippen MR) is 95.3 cm³/mol. The van der Waals surface area contributed by atoms with Crippen molar-refractivity contribution in [1.82, 2.24) is 10.3 Å². The Hall–Kier alpha value is -2.45. The van der Waals surface area contributed by atoms with E-state index < -0.39 is 9.84 Å². The van der Waals surface area contributed by atoms with Crippen molar-refractivity contribution >= 4 is 27.1 Å². The molecule has 0 saturated heterocycles. The zero-order valence-corrected chi connectivity index (χ0v) is 15.3. The highest BCUT2D eigenvalue weighted by Gasteiger charge is 2.15. The van der Waals surface area contributed by atoms with Gasteiger partial charge in [0.05, 0.1) is 22.0 Å². The molecule has 0 unspecified atom stereocenters. The quantitative estimate of drug-likeness (QED) is 0.739. The number of nitrogens with one attached hydrogen (secondary N) is 1. The third-order valence-corrected chi connectivity index (χ3v) is 5.56. The highest BCUT2D eigenvalue weighted by atomic mass is 32.2. The monoisotopic (exact) mass is 376 g/mol. The van der Waals surface area contributed by atoms with E-state index in [0.717, 1.165) is 11.1 Å². The van der Waals surface area contributed by atoms with Crippen molar-refractivity contribution in [2.45, 2.75) is 18.4 Å². The van der Waals surface area contributed by atoms with Gasteiger partial charge in [0.2, 0.25) is 5.89 Å². The molecule has 0 aliphatic heterocycles. The fraction of sp³-hybridized carbons (Fsp3) is 0.176. The van der Waals surface area contributed by atoms with Crippen molar-refractivity contribution < 1.29 is 17.6 Å². The van der Waals surface area contributed by atoms with E-state index in [1.807, 2.05) is 17.5 Å². The minimum Gasteiger partial charge on any atom is -0.443 e. The molecule has 0 fully saturated rings. The molecule has 1 amide bonds. The molecule has 1 aromatic carbocycles. The summed E-state index contributed by atoms with van der Waals surface area (Å²) in [7, 11) is -3.37. The first-order valence-corrected chi connectivity index (χ1v) is 10.2. The average molecular weight is 376 g/mol. The van der Waals surface area contributed by atoms with Gasteiger partial charge >= 0.3 is 0 Å². The van der Waals surface area contributed by atoms with Crippen molar-refractivity contribution in [3.63, 3.8) is 0 Å². The summed E-state index contributed by atoms with van der Waals surface area (Å²) in [6.45, 7) is 1.95. The Morgan fingerprint density at radius 2 is 2.12 bits per heavy atom. The first kappa shape index (κ1) is 17.4. The van der Waals surface area contributed by atoms with Gasteiger partial charge in [-0.25, -0.2) is 13.4 Å². The molecule has 0 atom stereocenters. The van der Waals surface area contributed by atoms with Gasteiger partial charge in [-0.2, -0.15) is 0 Å². The minimum atomic E-state index is -3.37. The van der Waals surface area contributed by atoms with Crippen molar-refractivity contribution in [2.24, 2.45) is 0 Å². The summed E-state index contributed by atoms with van der Waals surface area (Å²) in [4.78, 5) is 17.7. The molecule has 0 aliphatic carbocycles. The van der Waals surface area contributed by atoms with Crippen molar-refractivity contribution in [3.8, 4) is 10.8 Å². The molecule has 2 heterocycles. The number of hydrogen-bond acceptors (Lipinski definition) is 6. The summed E-state index contributed by atoms with van der Waals surface area (Å²) in [5, 5.41) is 4.67. The molecule has 0 spiro atoms. The van der Waals surface area contributed by atoms with Crippen LogP contribution in [0.1, 0.15) is 21.6 Å². The number of nitrogens with zero attached hydrogens (tertiary/aromatic N) is 1. The zero-order chi connectivity index (χ0) is 18.0. The fourth-order valence-electron chi connectivity index (χ4n) is 2.24. The van der Waals surface area contributed by atoms with Crippen molar-refractivity contribution in [1.29, 1.82) is 0 Å². The second-order valence-electron chi connectivity index (χ2n) is 5.55. The highest BCUT2D eigenvalue weighted by molar-refractivity contribution is 7.90. The van der Waals surface area contributed by atoms with Crippen molar-refractivity contribution in [2.75, 3.05) is 6.26 Å². The van der Waals surface area contributed by atoms with Crippen LogP contribution in [-0.2, 0) is 16.4 Å². The molecule has 3 aromatic rings. The number of carbonyl (C=O) groups is 1. The molecule has 2 aromatic heterocycles. The molecular weight excluding hydrogens is 360 g/mol. The molecule has 1 N–H and O–H groups in total. The van der Waals surface area contributed by atoms with E-state index in [0.29, 0.717) is 22.7 Å². The summed E-state index contributed by atoms with van der Waals surface area (Å²) < 4.78 is 28.7. The first-order chi connectivity index (χ1) is 11.8. The van der Waals surface area contributed by atoms with Gasteiger partial charge in [-0.3, -0.25) is 4.79 Å². The highest BCUT2D eigenvalue weighted by Crippen LogP contribution is 2.23. The summed E-state index contributed by atoms with van der Waals surface area (Å²) in [5.41, 5.74) is 1.61. The topological polar surface area (TPSA) is 89.3 Å². The molecule has 25 heavy (non-hydrogen) atoms. The second kappa shape index (κ2) is 6.81. The van der Waals surface area contributed by atoms with Crippen LogP contribution in [0.15, 0.2) is 51.3 Å². The summed E-state index contributed by atoms with van der Waals surface area (Å²) in [6.07, 6.45) is 2.61. The van der Waals surface area contributed by atoms with Gasteiger partial charge in [0.25, 0.3) is 5.91 Å². The van der Waals surface area contributed by atoms with E-state index in [1.165, 1.54) is 29.7 Å². The van der Waals surface area contributed by atoms with Crippen LogP contribution < -0.4 is 5.32 Å². The zero-order valence-electron chi connectivity index (χ0n) is 13.6. The number of aromatic nitrogens is 1. The molecule has 0 saturated carbocycles. The number of rotatable bonds is 5. The van der Waals surface area contributed by atoms with Crippen LogP contribution in [0.3, 0.4) is 0 Å². The van der Waals surface area contributed by atoms with Crippen LogP contribution in [0.2, 0.25) is 0 Å². The largest absolute Gasteiger partial charge is 0.443 e. The third-order valence-electron chi connectivity index (χ3n) is 3.60. The van der Waals surface area contributed by atoms with E-state index in [9.17, 15) is 13.2 Å². The van der Waals surface area contributed by atoms with Gasteiger partial charge in [0.1, 0.15) is 6.26 Å². The smallest absolute Gasteiger partial charge is 0.251 e. The lowest BCUT2D eigenvalue weighted by Crippen LogP contribution is -2.24. The van der Waals surface area contributed by atoms with E-state index in [4.69, 9.17) is 4.42 Å². The molecule has 0 bridgehead atoms. The number of carbonyl (C=O) groups excluding carboxylic acids is 1. The molecule has 0 aliphatic rings. The average Bonchev–Trinajstić information content (AvgIpc) is 3.23. The van der Waals surface area contributed by atoms with Crippen molar-refractivity contribution in [3.05, 3.63) is 58.8 Å². The van der Waals surface area contributed by atoms with Gasteiger partial charge < -0.3 is 9.73 Å². The van der Waals surface area contributed by atoms with Gasteiger partial charge in [-0.1, -0.05) is 12.1 Å². The van der Waals surface area contributed by atoms with Gasteiger partial charge in [0, 0.05) is 11.8 Å². The number of thiophene rings is 1. The third kappa shape index (κ3) is 3.97. The Kier molecular flexibility index (Phi) is 4.73. The SMILES string of the molecule is Cc1ccc(S(C)(=O)=O)cc1C(=O)NCc1coc(-c2cccs2)n1. The van der Waals surface area contributed by atoms with Crippen LogP contribution in [0.4, 0.5) is 0 Å². The Labute approximate surface area is 149 Å². The lowest BCUT2D eigenvalue weighted by Gasteiger charge is -2.08. The summed E-state index contributed by atoms with van der Waals surface area (Å²) in [6, 6.07) is 8.31. The Morgan fingerprint density at radius 1 is 1.32 bits per heavy atom. The first-order valence-electron chi connectivity index (χ1n) is 7.42. The van der Waals surface area contributed by atoms with Crippen LogP contribution >= 0.6 is 11.3 Å². The van der Waals surface area contributed by atoms with Crippen LogP contribution in [0.5, 0.6) is 0 Å². The number of sulfone groups is 1. The maximum Gasteiger partial charge on any atom is 0.251 e. The van der Waals surface area contributed by atoms with E-state index in [1.54, 1.807) is 13.0 Å². The van der Waals surface area contributed by atoms with Crippen LogP contribution in [-0.4, -0.2) is 25.6 Å². The molecule has 8 heteroatoms. The Morgan fingerprint density at radius 3 is 2.80 bits per heavy atom. The number of oxazole rings is 1. The fourth-order valence-corrected chi connectivity index (χ4v) is 3.55. The Balaban J connectivity index is 1.73. The van der Waals surface area contributed by atoms with Gasteiger partial charge in [-0.15, -0.1) is 11.3 Å². The maximum absolute atomic E-state index is 12.4. The lowest BCUT2D eigenvalue weighted by molar-refractivity contribution is 0.0949. The maximum atomic E-state index is 12.4. The molecule has 3 rings (SSSR count). The van der Waals surface area contributed by atoms with E-state index >= 15 is 0 Å². The number of amides is 1. The standard InChI is InChI=1S/C17H16N2O4S2/c1-11-5-6-13(25(2,21)22)8-14(11)16(20)18-9-12-10-23-17(19-12)15-4-3-7-24-15/h3-8,10H,9H2,1-2H3,(H,18,20). The molecular formula is C17H16N2O4S2. The normalized spacial score (nSPS) is 11.4. The van der Waals surface area contributed by atoms with E-state index in [-0.39, 0.29) is 17.3 Å². The number of benzene rings is 1. The lowest BCUT2D eigenvalue weighted by atomic mass is 10.1. The number of hydrogen-bond donors (Lipinski definition) is 1. The summed E-state index contributed by atoms with van der Waals surface area (Å²) >= 11 is 1.52. The predicted octanol–water partition coefficient (Wildman–Crippen LogP) is 3.05. The number of aryl methyl sites for hydroxylation is 1. The minimum absolute atomic E-state index is 0.115. The van der Waals surface area contributed by atoms with Crippen LogP contribution in [0.25, 0.3) is 10.8 Å². The Bertz CT molecular complexity index is 1010. The van der Waals surface area contributed by atoms with E-state index in [2.05, 4.69) is 10.3 Å². The second-order valence-corrected chi connectivity index (χ2v) is 8.52. The molecule has 0 radical (unpaired) electrons. The van der Waals surface area contributed by atoms with Gasteiger partial charge in [-0.05, 0) is 36.1 Å². The van der Waals surface area contributed by atoms with Crippen LogP contribution in [0, 0.1) is 6.92 Å². The molecule has 6 nitrogen and oxygen atoms in total. The summed E-state index contributed by atoms with van der Waals surface area (Å²) in [5.74, 6) is 0.151.